The van der Waals surface area contributed by atoms with Gasteiger partial charge in [0.25, 0.3) is 11.6 Å². The van der Waals surface area contributed by atoms with Crippen LogP contribution in [0.25, 0.3) is 0 Å². The van der Waals surface area contributed by atoms with Crippen LogP contribution in [0.1, 0.15) is 21.5 Å². The first-order chi connectivity index (χ1) is 11.7. The molecule has 130 valence electrons. The lowest BCUT2D eigenvalue weighted by Gasteiger charge is -2.17. The van der Waals surface area contributed by atoms with Crippen molar-refractivity contribution in [1.82, 2.24) is 0 Å². The Labute approximate surface area is 145 Å². The van der Waals surface area contributed by atoms with E-state index in [1.165, 1.54) is 17.0 Å². The number of benzene rings is 2. The van der Waals surface area contributed by atoms with Gasteiger partial charge in [-0.2, -0.15) is 0 Å². The van der Waals surface area contributed by atoms with Crippen LogP contribution in [0.5, 0.6) is 0 Å². The van der Waals surface area contributed by atoms with Crippen LogP contribution in [0.2, 0.25) is 0 Å². The summed E-state index contributed by atoms with van der Waals surface area (Å²) in [6.07, 6.45) is 1.80. The van der Waals surface area contributed by atoms with Crippen LogP contribution in [-0.2, 0) is 22.0 Å². The highest BCUT2D eigenvalue weighted by Gasteiger charge is 2.27. The molecule has 0 fully saturated rings. The van der Waals surface area contributed by atoms with E-state index in [0.29, 0.717) is 29.8 Å². The highest BCUT2D eigenvalue weighted by Crippen LogP contribution is 2.32. The standard InChI is InChI=1S/C17H16N2O5S/c1-25(23,24)11-12-2-4-14(5-3-12)17(20)18-9-8-13-6-7-15(19(21)22)10-16(13)18/h2-7,10H,8-9,11H2,1H3. The van der Waals surface area contributed by atoms with Crippen molar-refractivity contribution < 1.29 is 18.1 Å². The lowest BCUT2D eigenvalue weighted by Crippen LogP contribution is -2.28. The molecule has 0 bridgehead atoms. The zero-order valence-electron chi connectivity index (χ0n) is 13.5. The predicted molar refractivity (Wildman–Crippen MR) is 93.5 cm³/mol. The molecule has 1 amide bonds. The van der Waals surface area contributed by atoms with Crippen molar-refractivity contribution in [2.75, 3.05) is 17.7 Å². The number of nitrogens with zero attached hydrogens (tertiary/aromatic N) is 2. The van der Waals surface area contributed by atoms with Crippen molar-refractivity contribution in [3.63, 3.8) is 0 Å². The Morgan fingerprint density at radius 3 is 2.48 bits per heavy atom. The largest absolute Gasteiger partial charge is 0.308 e. The van der Waals surface area contributed by atoms with Crippen molar-refractivity contribution in [2.45, 2.75) is 12.2 Å². The highest BCUT2D eigenvalue weighted by atomic mass is 32.2. The molecule has 0 radical (unpaired) electrons. The highest BCUT2D eigenvalue weighted by molar-refractivity contribution is 7.89. The molecule has 0 unspecified atom stereocenters. The number of anilines is 1. The summed E-state index contributed by atoms with van der Waals surface area (Å²) >= 11 is 0. The number of carbonyl (C=O) groups is 1. The third-order valence-electron chi connectivity index (χ3n) is 4.05. The summed E-state index contributed by atoms with van der Waals surface area (Å²) in [5.41, 5.74) is 2.42. The molecule has 0 atom stereocenters. The molecular weight excluding hydrogens is 344 g/mol. The Morgan fingerprint density at radius 2 is 1.88 bits per heavy atom. The first kappa shape index (κ1) is 17.1. The molecule has 0 spiro atoms. The van der Waals surface area contributed by atoms with Gasteiger partial charge in [0.1, 0.15) is 0 Å². The Bertz CT molecular complexity index is 952. The van der Waals surface area contributed by atoms with Crippen molar-refractivity contribution in [1.29, 1.82) is 0 Å². The quantitative estimate of drug-likeness (QED) is 0.616. The van der Waals surface area contributed by atoms with Gasteiger partial charge in [-0.05, 0) is 29.7 Å². The van der Waals surface area contributed by atoms with Crippen LogP contribution in [0.15, 0.2) is 42.5 Å². The maximum Gasteiger partial charge on any atom is 0.271 e. The molecule has 2 aromatic rings. The monoisotopic (exact) mass is 360 g/mol. The van der Waals surface area contributed by atoms with E-state index in [1.807, 2.05) is 0 Å². The number of carbonyl (C=O) groups excluding carboxylic acids is 1. The average Bonchev–Trinajstić information content (AvgIpc) is 2.96. The second kappa shape index (κ2) is 6.29. The van der Waals surface area contributed by atoms with Gasteiger partial charge in [0.15, 0.2) is 9.84 Å². The van der Waals surface area contributed by atoms with Crippen molar-refractivity contribution in [3.8, 4) is 0 Å². The summed E-state index contributed by atoms with van der Waals surface area (Å²) in [5, 5.41) is 11.0. The third-order valence-corrected chi connectivity index (χ3v) is 4.91. The van der Waals surface area contributed by atoms with Gasteiger partial charge in [-0.25, -0.2) is 8.42 Å². The molecular formula is C17H16N2O5S. The molecule has 1 aliphatic rings. The molecule has 3 rings (SSSR count). The second-order valence-electron chi connectivity index (χ2n) is 6.04. The molecule has 25 heavy (non-hydrogen) atoms. The van der Waals surface area contributed by atoms with E-state index in [2.05, 4.69) is 0 Å². The lowest BCUT2D eigenvalue weighted by atomic mass is 10.1. The van der Waals surface area contributed by atoms with Crippen LogP contribution >= 0.6 is 0 Å². The zero-order chi connectivity index (χ0) is 18.2. The van der Waals surface area contributed by atoms with Crippen LogP contribution in [0, 0.1) is 10.1 Å². The summed E-state index contributed by atoms with van der Waals surface area (Å²) in [6, 6.07) is 10.9. The average molecular weight is 360 g/mol. The normalized spacial score (nSPS) is 13.6. The third kappa shape index (κ3) is 3.69. The van der Waals surface area contributed by atoms with Crippen LogP contribution in [0.4, 0.5) is 11.4 Å². The van der Waals surface area contributed by atoms with Gasteiger partial charge >= 0.3 is 0 Å². The molecule has 0 N–H and O–H groups in total. The fourth-order valence-corrected chi connectivity index (χ4v) is 3.69. The van der Waals surface area contributed by atoms with Crippen molar-refractivity contribution >= 4 is 27.1 Å². The van der Waals surface area contributed by atoms with Crippen LogP contribution < -0.4 is 4.90 Å². The lowest BCUT2D eigenvalue weighted by molar-refractivity contribution is -0.384. The summed E-state index contributed by atoms with van der Waals surface area (Å²) in [7, 11) is -3.14. The van der Waals surface area contributed by atoms with Gasteiger partial charge < -0.3 is 4.90 Å². The number of hydrogen-bond acceptors (Lipinski definition) is 5. The van der Waals surface area contributed by atoms with Crippen molar-refractivity contribution in [3.05, 3.63) is 69.3 Å². The number of amides is 1. The number of nitro groups is 1. The summed E-state index contributed by atoms with van der Waals surface area (Å²) in [4.78, 5) is 24.7. The number of rotatable bonds is 4. The molecule has 1 heterocycles. The smallest absolute Gasteiger partial charge is 0.271 e. The fourth-order valence-electron chi connectivity index (χ4n) is 2.89. The van der Waals surface area contributed by atoms with Gasteiger partial charge in [-0.1, -0.05) is 18.2 Å². The molecule has 0 saturated heterocycles. The van der Waals surface area contributed by atoms with E-state index in [9.17, 15) is 23.3 Å². The van der Waals surface area contributed by atoms with Crippen LogP contribution in [-0.4, -0.2) is 32.0 Å². The first-order valence-corrected chi connectivity index (χ1v) is 9.66. The number of sulfone groups is 1. The summed E-state index contributed by atoms with van der Waals surface area (Å²) < 4.78 is 22.6. The van der Waals surface area contributed by atoms with Gasteiger partial charge in [0, 0.05) is 30.5 Å². The van der Waals surface area contributed by atoms with Crippen molar-refractivity contribution in [2.24, 2.45) is 0 Å². The molecule has 0 saturated carbocycles. The van der Waals surface area contributed by atoms with E-state index < -0.39 is 14.8 Å². The molecule has 2 aromatic carbocycles. The number of non-ortho nitro benzene ring substituents is 1. The SMILES string of the molecule is CS(=O)(=O)Cc1ccc(C(=O)N2CCc3ccc([N+](=O)[O-])cc32)cc1. The number of nitro benzene ring substituents is 1. The summed E-state index contributed by atoms with van der Waals surface area (Å²) in [5.74, 6) is -0.342. The number of hydrogen-bond donors (Lipinski definition) is 0. The van der Waals surface area contributed by atoms with Gasteiger partial charge in [-0.3, -0.25) is 14.9 Å². The van der Waals surface area contributed by atoms with E-state index in [-0.39, 0.29) is 17.3 Å². The van der Waals surface area contributed by atoms with Gasteiger partial charge in [0.05, 0.1) is 16.4 Å². The minimum absolute atomic E-state index is 0.0537. The fraction of sp³-hybridized carbons (Fsp3) is 0.235. The Morgan fingerprint density at radius 1 is 1.20 bits per heavy atom. The van der Waals surface area contributed by atoms with E-state index in [1.54, 1.807) is 30.3 Å². The summed E-state index contributed by atoms with van der Waals surface area (Å²) in [6.45, 7) is 0.459. The maximum absolute atomic E-state index is 12.7. The van der Waals surface area contributed by atoms with Crippen LogP contribution in [0.3, 0.4) is 0 Å². The zero-order valence-corrected chi connectivity index (χ0v) is 14.3. The van der Waals surface area contributed by atoms with Gasteiger partial charge in [-0.15, -0.1) is 0 Å². The maximum atomic E-state index is 12.7. The molecule has 8 heteroatoms. The molecule has 0 aromatic heterocycles. The number of fused-ring (bicyclic) bond motifs is 1. The Kier molecular flexibility index (Phi) is 4.30. The molecule has 1 aliphatic heterocycles. The topological polar surface area (TPSA) is 97.6 Å². The van der Waals surface area contributed by atoms with E-state index >= 15 is 0 Å². The van der Waals surface area contributed by atoms with Gasteiger partial charge in [0.2, 0.25) is 0 Å². The Balaban J connectivity index is 1.86. The van der Waals surface area contributed by atoms with E-state index in [0.717, 1.165) is 11.8 Å². The Hall–Kier alpha value is -2.74. The van der Waals surface area contributed by atoms with E-state index in [4.69, 9.17) is 0 Å². The molecule has 7 nitrogen and oxygen atoms in total. The molecule has 0 aliphatic carbocycles. The predicted octanol–water partition coefficient (Wildman–Crippen LogP) is 2.34. The first-order valence-electron chi connectivity index (χ1n) is 7.60. The minimum atomic E-state index is -3.14. The minimum Gasteiger partial charge on any atom is -0.308 e. The second-order valence-corrected chi connectivity index (χ2v) is 8.18.